The number of carbonyl (C=O) groups is 1. The van der Waals surface area contributed by atoms with E-state index in [0.717, 1.165) is 6.92 Å². The average molecular weight is 854 g/mol. The van der Waals surface area contributed by atoms with Crippen LogP contribution in [0, 0.1) is 0 Å². The summed E-state index contributed by atoms with van der Waals surface area (Å²) in [5.41, 5.74) is 0. The maximum atomic E-state index is 12.8. The van der Waals surface area contributed by atoms with Crippen molar-refractivity contribution in [3.05, 3.63) is 0 Å². The molecule has 5 rings (SSSR count). The first-order chi connectivity index (χ1) is 27.4. The number of nitrogens with one attached hydrogen (secondary N) is 1. The summed E-state index contributed by atoms with van der Waals surface area (Å²) in [5.74, 6) is -0.830. The fourth-order valence-electron chi connectivity index (χ4n) is 7.37. The third-order valence-electron chi connectivity index (χ3n) is 10.7. The van der Waals surface area contributed by atoms with E-state index in [4.69, 9.17) is 42.6 Å². The predicted octanol–water partition coefficient (Wildman–Crippen LogP) is -10.8. The Hall–Kier alpha value is -1.49. The van der Waals surface area contributed by atoms with Gasteiger partial charge in [0.15, 0.2) is 31.5 Å². The number of hydrogen-bond donors (Lipinski definition) is 16. The molecule has 0 spiro atoms. The van der Waals surface area contributed by atoms with Gasteiger partial charge in [-0.15, -0.1) is 0 Å². The number of hydrogen-bond acceptors (Lipinski definition) is 25. The van der Waals surface area contributed by atoms with Gasteiger partial charge in [-0.3, -0.25) is 4.79 Å². The molecule has 338 valence electrons. The molecule has 0 aliphatic carbocycles. The second-order valence-corrected chi connectivity index (χ2v) is 14.7. The van der Waals surface area contributed by atoms with Crippen molar-refractivity contribution >= 4 is 5.91 Å². The van der Waals surface area contributed by atoms with Crippen molar-refractivity contribution in [1.82, 2.24) is 5.32 Å². The van der Waals surface area contributed by atoms with Crippen LogP contribution in [0.25, 0.3) is 0 Å². The number of rotatable bonds is 13. The van der Waals surface area contributed by atoms with Crippen LogP contribution in [-0.4, -0.2) is 262 Å². The summed E-state index contributed by atoms with van der Waals surface area (Å²) in [7, 11) is 0. The van der Waals surface area contributed by atoms with Gasteiger partial charge in [0.05, 0.1) is 32.5 Å². The molecule has 0 radical (unpaired) electrons. The van der Waals surface area contributed by atoms with Gasteiger partial charge >= 0.3 is 0 Å². The zero-order valence-corrected chi connectivity index (χ0v) is 31.1. The highest BCUT2D eigenvalue weighted by molar-refractivity contribution is 5.73. The molecule has 25 atom stereocenters. The van der Waals surface area contributed by atoms with E-state index in [-0.39, 0.29) is 0 Å². The summed E-state index contributed by atoms with van der Waals surface area (Å²) in [6, 6.07) is -1.73. The number of aliphatic hydroxyl groups is 15. The lowest BCUT2D eigenvalue weighted by Crippen LogP contribution is -2.71. The molecule has 26 nitrogen and oxygen atoms in total. The molecule has 5 fully saturated rings. The lowest BCUT2D eigenvalue weighted by Gasteiger charge is -2.51. The van der Waals surface area contributed by atoms with Crippen molar-refractivity contribution < 1.29 is 124 Å². The highest BCUT2D eigenvalue weighted by Gasteiger charge is 2.57. The molecule has 16 N–H and O–H groups in total. The van der Waals surface area contributed by atoms with Crippen molar-refractivity contribution in [2.75, 3.05) is 26.4 Å². The second-order valence-electron chi connectivity index (χ2n) is 14.7. The standard InChI is InChI=1S/C32H55NO25/c1-7-14(39)17(42)21(46)30(50-7)57-26-13(33-8(2)38)29(54-12(6-37)25(26)56-31-22(47)18(43)15(40)9(3-34)52-31)58-27-16(41)10(4-35)53-32(23(27)48)55-24-11(5-36)51-28(49)20(45)19(24)44/h7,9-32,34-37,39-49H,3-6H2,1-2H3,(H,33,38)/t7-,9+,10+,11+,12+,13+,14+,15-,16-,17+,18-,19+,20+,21-,22+,23+,24+,25+,26+,27-,28+,29+,30+,31-,32-/m0/s1. The van der Waals surface area contributed by atoms with Crippen molar-refractivity contribution in [2.45, 2.75) is 167 Å². The maximum Gasteiger partial charge on any atom is 0.217 e. The molecular formula is C32H55NO25. The fourth-order valence-corrected chi connectivity index (χ4v) is 7.37. The van der Waals surface area contributed by atoms with Gasteiger partial charge in [-0.05, 0) is 6.92 Å². The lowest BCUT2D eigenvalue weighted by molar-refractivity contribution is -0.391. The molecular weight excluding hydrogens is 798 g/mol. The highest BCUT2D eigenvalue weighted by atomic mass is 16.8. The van der Waals surface area contributed by atoms with Crippen molar-refractivity contribution in [3.63, 3.8) is 0 Å². The van der Waals surface area contributed by atoms with E-state index >= 15 is 0 Å². The van der Waals surface area contributed by atoms with E-state index in [2.05, 4.69) is 5.32 Å². The van der Waals surface area contributed by atoms with Crippen LogP contribution < -0.4 is 5.32 Å². The smallest absolute Gasteiger partial charge is 0.217 e. The zero-order valence-electron chi connectivity index (χ0n) is 31.1. The average Bonchev–Trinajstić information content (AvgIpc) is 3.19. The van der Waals surface area contributed by atoms with Gasteiger partial charge in [0, 0.05) is 6.92 Å². The normalized spacial score (nSPS) is 51.6. The number of carbonyl (C=O) groups excluding carboxylic acids is 1. The molecule has 0 aromatic heterocycles. The Morgan fingerprint density at radius 3 is 1.47 bits per heavy atom. The first-order valence-corrected chi connectivity index (χ1v) is 18.5. The summed E-state index contributed by atoms with van der Waals surface area (Å²) in [6.45, 7) is -1.36. The van der Waals surface area contributed by atoms with E-state index in [9.17, 15) is 81.4 Å². The van der Waals surface area contributed by atoms with Crippen molar-refractivity contribution in [3.8, 4) is 0 Å². The van der Waals surface area contributed by atoms with E-state index in [1.807, 2.05) is 0 Å². The van der Waals surface area contributed by atoms with Crippen LogP contribution in [0.3, 0.4) is 0 Å². The minimum Gasteiger partial charge on any atom is -0.394 e. The van der Waals surface area contributed by atoms with E-state index in [1.165, 1.54) is 6.92 Å². The van der Waals surface area contributed by atoms with Crippen LogP contribution >= 0.6 is 0 Å². The Morgan fingerprint density at radius 1 is 0.448 bits per heavy atom. The maximum absolute atomic E-state index is 12.8. The van der Waals surface area contributed by atoms with Crippen LogP contribution in [0.2, 0.25) is 0 Å². The van der Waals surface area contributed by atoms with Gasteiger partial charge in [0.2, 0.25) is 5.91 Å². The Labute approximate surface area is 329 Å². The molecule has 26 heteroatoms. The van der Waals surface area contributed by atoms with E-state index in [0.29, 0.717) is 0 Å². The van der Waals surface area contributed by atoms with Crippen molar-refractivity contribution in [2.24, 2.45) is 0 Å². The van der Waals surface area contributed by atoms with Gasteiger partial charge in [-0.1, -0.05) is 0 Å². The number of amides is 1. The molecule has 0 unspecified atom stereocenters. The molecule has 5 saturated heterocycles. The summed E-state index contributed by atoms with van der Waals surface area (Å²) in [4.78, 5) is 12.8. The number of ether oxygens (including phenoxy) is 9. The minimum absolute atomic E-state index is 0.830. The van der Waals surface area contributed by atoms with Gasteiger partial charge in [-0.2, -0.15) is 0 Å². The fraction of sp³-hybridized carbons (Fsp3) is 0.969. The molecule has 0 saturated carbocycles. The summed E-state index contributed by atoms with van der Waals surface area (Å²) in [5, 5.41) is 159. The second kappa shape index (κ2) is 20.1. The summed E-state index contributed by atoms with van der Waals surface area (Å²) in [6.07, 6.45) is -43.6. The van der Waals surface area contributed by atoms with E-state index < -0.39 is 186 Å². The van der Waals surface area contributed by atoms with Gasteiger partial charge in [0.1, 0.15) is 116 Å². The van der Waals surface area contributed by atoms with Gasteiger partial charge < -0.3 is 125 Å². The molecule has 0 aromatic rings. The minimum atomic E-state index is -2.12. The molecule has 5 aliphatic heterocycles. The SMILES string of the molecule is CC(=O)N[C@H]1[C@@H](O[C@H]2[C@@H](O)[C@@H](CO)O[C@@H](O[C@H]3[C@H](O)[C@@H](O)[C@H](O)O[C@@H]3CO)[C@@H]2O)O[C@H](CO)[C@@H](O[C@@H]2O[C@H](CO)[C@H](O)[C@H](O)[C@H]2O)[C@@H]1O[C@H]1O[C@@H](C)[C@@H](O)[C@@H](O)[C@@H]1O. The molecule has 5 aliphatic rings. The summed E-state index contributed by atoms with van der Waals surface area (Å²) >= 11 is 0. The molecule has 0 bridgehead atoms. The zero-order chi connectivity index (χ0) is 42.9. The third-order valence-corrected chi connectivity index (χ3v) is 10.7. The van der Waals surface area contributed by atoms with Crippen LogP contribution in [0.15, 0.2) is 0 Å². The molecule has 1 amide bonds. The topological polar surface area (TPSA) is 416 Å². The van der Waals surface area contributed by atoms with Crippen LogP contribution in [0.4, 0.5) is 0 Å². The predicted molar refractivity (Wildman–Crippen MR) is 177 cm³/mol. The van der Waals surface area contributed by atoms with Crippen LogP contribution in [0.5, 0.6) is 0 Å². The Bertz CT molecular complexity index is 1300. The Balaban J connectivity index is 1.50. The first-order valence-electron chi connectivity index (χ1n) is 18.5. The quantitative estimate of drug-likeness (QED) is 0.0818. The Kier molecular flexibility index (Phi) is 16.5. The Morgan fingerprint density at radius 2 is 0.897 bits per heavy atom. The molecule has 0 aromatic carbocycles. The van der Waals surface area contributed by atoms with Gasteiger partial charge in [0.25, 0.3) is 0 Å². The van der Waals surface area contributed by atoms with E-state index in [1.54, 1.807) is 0 Å². The van der Waals surface area contributed by atoms with Crippen molar-refractivity contribution in [1.29, 1.82) is 0 Å². The highest BCUT2D eigenvalue weighted by Crippen LogP contribution is 2.36. The number of aliphatic hydroxyl groups excluding tert-OH is 15. The molecule has 58 heavy (non-hydrogen) atoms. The third kappa shape index (κ3) is 9.75. The monoisotopic (exact) mass is 853 g/mol. The van der Waals surface area contributed by atoms with Crippen LogP contribution in [0.1, 0.15) is 13.8 Å². The van der Waals surface area contributed by atoms with Crippen LogP contribution in [-0.2, 0) is 47.4 Å². The van der Waals surface area contributed by atoms with Gasteiger partial charge in [-0.25, -0.2) is 0 Å². The molecule has 5 heterocycles. The summed E-state index contributed by atoms with van der Waals surface area (Å²) < 4.78 is 51.4. The largest absolute Gasteiger partial charge is 0.394 e. The lowest BCUT2D eigenvalue weighted by atomic mass is 9.93. The first kappa shape index (κ1) is 47.6.